The van der Waals surface area contributed by atoms with Crippen molar-refractivity contribution in [2.24, 2.45) is 5.92 Å². The Bertz CT molecular complexity index is 1350. The number of rotatable bonds is 13. The summed E-state index contributed by atoms with van der Waals surface area (Å²) in [5, 5.41) is 17.0. The second-order valence-electron chi connectivity index (χ2n) is 11.3. The molecule has 3 atom stereocenters. The fraction of sp³-hybridized carbons (Fsp3) is 0.533. The Morgan fingerprint density at radius 3 is 2.47 bits per heavy atom. The predicted octanol–water partition coefficient (Wildman–Crippen LogP) is 2.99. The number of hydrogen-bond acceptors (Lipinski definition) is 7. The number of ether oxygens (including phenoxy) is 1. The molecule has 0 aliphatic carbocycles. The van der Waals surface area contributed by atoms with Gasteiger partial charge in [-0.2, -0.15) is 0 Å². The van der Waals surface area contributed by atoms with E-state index in [1.807, 2.05) is 12.1 Å². The van der Waals surface area contributed by atoms with Gasteiger partial charge >= 0.3 is 0 Å². The molecule has 2 aromatic rings. The van der Waals surface area contributed by atoms with Crippen LogP contribution in [-0.2, 0) is 44.1 Å². The van der Waals surface area contributed by atoms with Crippen LogP contribution in [0.25, 0.3) is 0 Å². The Kier molecular flexibility index (Phi) is 12.2. The summed E-state index contributed by atoms with van der Waals surface area (Å²) in [4.78, 5) is 29.0. The molecule has 2 heterocycles. The topological polar surface area (TPSA) is 137 Å². The van der Waals surface area contributed by atoms with Gasteiger partial charge in [-0.05, 0) is 85.6 Å². The molecule has 4 rings (SSSR count). The lowest BCUT2D eigenvalue weighted by molar-refractivity contribution is -0.140. The van der Waals surface area contributed by atoms with Crippen LogP contribution in [0.4, 0.5) is 0 Å². The number of aliphatic hydroxyl groups is 1. The lowest BCUT2D eigenvalue weighted by atomic mass is 9.91. The lowest BCUT2D eigenvalue weighted by Gasteiger charge is -2.30. The van der Waals surface area contributed by atoms with E-state index in [0.29, 0.717) is 39.9 Å². The molecule has 13 heteroatoms. The van der Waals surface area contributed by atoms with Gasteiger partial charge in [-0.3, -0.25) is 9.59 Å². The zero-order chi connectivity index (χ0) is 31.0. The number of carbonyl (C=O) groups excluding carboxylic acids is 2. The van der Waals surface area contributed by atoms with Crippen molar-refractivity contribution in [2.75, 3.05) is 25.9 Å². The summed E-state index contributed by atoms with van der Waals surface area (Å²) in [6.07, 6.45) is 3.79. The first-order valence-corrected chi connectivity index (χ1v) is 17.2. The molecule has 43 heavy (non-hydrogen) atoms. The third-order valence-corrected chi connectivity index (χ3v) is 9.22. The van der Waals surface area contributed by atoms with Crippen LogP contribution in [0.3, 0.4) is 0 Å². The highest BCUT2D eigenvalue weighted by Crippen LogP contribution is 2.26. The number of benzene rings is 2. The van der Waals surface area contributed by atoms with E-state index < -0.39 is 40.0 Å². The van der Waals surface area contributed by atoms with E-state index in [1.54, 1.807) is 30.3 Å². The summed E-state index contributed by atoms with van der Waals surface area (Å²) in [5.41, 5.74) is 2.18. The van der Waals surface area contributed by atoms with E-state index in [1.165, 1.54) is 4.90 Å². The summed E-state index contributed by atoms with van der Waals surface area (Å²) >= 11 is 12.1. The number of amides is 2. The number of halogens is 2. The number of aliphatic hydroxyl groups excluding tert-OH is 1. The summed E-state index contributed by atoms with van der Waals surface area (Å²) in [6, 6.07) is 10.4. The fourth-order valence-corrected chi connectivity index (χ4v) is 6.74. The molecule has 0 unspecified atom stereocenters. The number of nitrogens with zero attached hydrogens (tertiary/aromatic N) is 1. The molecule has 0 bridgehead atoms. The monoisotopic (exact) mass is 654 g/mol. The Labute approximate surface area is 263 Å². The maximum atomic E-state index is 14.0. The molecule has 4 N–H and O–H groups in total. The van der Waals surface area contributed by atoms with Crippen LogP contribution in [0, 0.1) is 5.92 Å². The average Bonchev–Trinajstić information content (AvgIpc) is 3.42. The first-order chi connectivity index (χ1) is 20.5. The van der Waals surface area contributed by atoms with E-state index in [0.717, 1.165) is 37.8 Å². The highest BCUT2D eigenvalue weighted by atomic mass is 35.5. The van der Waals surface area contributed by atoms with Crippen molar-refractivity contribution in [1.29, 1.82) is 0 Å². The minimum atomic E-state index is -3.70. The molecule has 0 saturated carbocycles. The molecule has 2 aliphatic rings. The van der Waals surface area contributed by atoms with Crippen molar-refractivity contribution in [3.8, 4) is 0 Å². The number of piperidine rings is 1. The molecular weight excluding hydrogens is 615 g/mol. The second kappa shape index (κ2) is 15.7. The molecule has 2 fully saturated rings. The Hall–Kier alpha value is -2.25. The van der Waals surface area contributed by atoms with Crippen molar-refractivity contribution < 1.29 is 27.9 Å². The van der Waals surface area contributed by atoms with Crippen molar-refractivity contribution >= 4 is 45.0 Å². The molecule has 2 saturated heterocycles. The van der Waals surface area contributed by atoms with Gasteiger partial charge in [-0.1, -0.05) is 41.4 Å². The molecule has 2 aliphatic heterocycles. The molecule has 2 aromatic carbocycles. The van der Waals surface area contributed by atoms with E-state index >= 15 is 0 Å². The summed E-state index contributed by atoms with van der Waals surface area (Å²) < 4.78 is 33.2. The highest BCUT2D eigenvalue weighted by molar-refractivity contribution is 7.88. The van der Waals surface area contributed by atoms with Gasteiger partial charge in [0.1, 0.15) is 12.1 Å². The minimum Gasteiger partial charge on any atom is -0.392 e. The van der Waals surface area contributed by atoms with E-state index in [-0.39, 0.29) is 32.7 Å². The third kappa shape index (κ3) is 10.1. The summed E-state index contributed by atoms with van der Waals surface area (Å²) in [5.74, 6) is -0.452. The fourth-order valence-electron chi connectivity index (χ4n) is 5.68. The third-order valence-electron chi connectivity index (χ3n) is 8.02. The maximum absolute atomic E-state index is 14.0. The summed E-state index contributed by atoms with van der Waals surface area (Å²) in [6.45, 7) is 2.08. The van der Waals surface area contributed by atoms with Gasteiger partial charge < -0.3 is 25.4 Å². The van der Waals surface area contributed by atoms with Gasteiger partial charge in [-0.15, -0.1) is 0 Å². The Morgan fingerprint density at radius 2 is 1.79 bits per heavy atom. The zero-order valence-electron chi connectivity index (χ0n) is 24.2. The highest BCUT2D eigenvalue weighted by Gasteiger charge is 2.42. The number of nitrogens with one attached hydrogen (secondary N) is 3. The smallest absolute Gasteiger partial charge is 0.243 e. The van der Waals surface area contributed by atoms with Gasteiger partial charge in [0, 0.05) is 29.6 Å². The van der Waals surface area contributed by atoms with Crippen LogP contribution in [0.1, 0.15) is 48.8 Å². The molecule has 0 aromatic heterocycles. The number of sulfonamides is 1. The molecule has 2 amide bonds. The van der Waals surface area contributed by atoms with Crippen LogP contribution < -0.4 is 15.4 Å². The van der Waals surface area contributed by atoms with E-state index in [9.17, 15) is 23.1 Å². The van der Waals surface area contributed by atoms with E-state index in [2.05, 4.69) is 15.4 Å². The quantitative estimate of drug-likeness (QED) is 0.261. The zero-order valence-corrected chi connectivity index (χ0v) is 26.6. The van der Waals surface area contributed by atoms with E-state index in [4.69, 9.17) is 27.9 Å². The predicted molar refractivity (Wildman–Crippen MR) is 166 cm³/mol. The first-order valence-electron chi connectivity index (χ1n) is 14.5. The second-order valence-corrected chi connectivity index (χ2v) is 14.0. The van der Waals surface area contributed by atoms with Crippen molar-refractivity contribution in [3.63, 3.8) is 0 Å². The normalized spacial score (nSPS) is 20.2. The molecule has 0 spiro atoms. The van der Waals surface area contributed by atoms with Crippen molar-refractivity contribution in [1.82, 2.24) is 20.3 Å². The van der Waals surface area contributed by atoms with Crippen molar-refractivity contribution in [3.05, 3.63) is 69.2 Å². The number of carbonyl (C=O) groups is 2. The van der Waals surface area contributed by atoms with Gasteiger partial charge in [-0.25, -0.2) is 13.1 Å². The standard InChI is InChI=1S/C30H40Cl2N4O6S/c1-43(40,41)35-27(9-4-20-10-12-33-13-11-20)30(39)36-17-26(42-19-21-2-6-24(31)7-3-21)15-28(36)29(38)34-16-23-14-25(32)8-5-22(23)18-37/h2-3,5-8,14,20,26-28,33,35,37H,4,9-13,15-19H2,1H3,(H,34,38)/t26-,27-,28-/m1/s1. The maximum Gasteiger partial charge on any atom is 0.243 e. The molecule has 10 nitrogen and oxygen atoms in total. The summed E-state index contributed by atoms with van der Waals surface area (Å²) in [7, 11) is -3.70. The molecule has 0 radical (unpaired) electrons. The van der Waals surface area contributed by atoms with Gasteiger partial charge in [0.25, 0.3) is 0 Å². The minimum absolute atomic E-state index is 0.102. The van der Waals surface area contributed by atoms with Gasteiger partial charge in [0.05, 0.1) is 25.6 Å². The lowest BCUT2D eigenvalue weighted by Crippen LogP contribution is -2.53. The molecular formula is C30H40Cl2N4O6S. The van der Waals surface area contributed by atoms with Crippen LogP contribution in [0.2, 0.25) is 10.0 Å². The first kappa shape index (κ1) is 33.6. The SMILES string of the molecule is CS(=O)(=O)N[C@H](CCC1CCNCC1)C(=O)N1C[C@H](OCc2ccc(Cl)cc2)C[C@@H]1C(=O)NCc1cc(Cl)ccc1CO. The van der Waals surface area contributed by atoms with Crippen molar-refractivity contribution in [2.45, 2.75) is 70.1 Å². The number of likely N-dealkylation sites (tertiary alicyclic amines) is 1. The van der Waals surface area contributed by atoms with Gasteiger partial charge in [0.2, 0.25) is 21.8 Å². The van der Waals surface area contributed by atoms with Crippen LogP contribution >= 0.6 is 23.2 Å². The molecule has 236 valence electrons. The largest absolute Gasteiger partial charge is 0.392 e. The van der Waals surface area contributed by atoms with Crippen LogP contribution in [0.5, 0.6) is 0 Å². The number of hydrogen-bond donors (Lipinski definition) is 4. The Morgan fingerprint density at radius 1 is 1.09 bits per heavy atom. The van der Waals surface area contributed by atoms with Crippen LogP contribution in [-0.4, -0.2) is 74.3 Å². The average molecular weight is 656 g/mol. The van der Waals surface area contributed by atoms with Crippen LogP contribution in [0.15, 0.2) is 42.5 Å². The van der Waals surface area contributed by atoms with Gasteiger partial charge in [0.15, 0.2) is 0 Å². The Balaban J connectivity index is 1.50.